The van der Waals surface area contributed by atoms with Crippen LogP contribution < -0.4 is 10.6 Å². The molecule has 1 aliphatic carbocycles. The first-order valence-corrected chi connectivity index (χ1v) is 7.80. The molecule has 0 saturated heterocycles. The first kappa shape index (κ1) is 14.8. The molecule has 1 saturated carbocycles. The Balaban J connectivity index is 2.36. The summed E-state index contributed by atoms with van der Waals surface area (Å²) in [7, 11) is 0. The number of carbonyl (C=O) groups excluding carboxylic acids is 1. The lowest BCUT2D eigenvalue weighted by atomic mass is 10.1. The Bertz CT molecular complexity index is 250. The molecule has 1 amide bonds. The fraction of sp³-hybridized carbons (Fsp3) is 0.923. The Morgan fingerprint density at radius 3 is 2.35 bits per heavy atom. The second-order valence-corrected chi connectivity index (χ2v) is 6.63. The van der Waals surface area contributed by atoms with Gasteiger partial charge in [0.25, 0.3) is 0 Å². The van der Waals surface area contributed by atoms with Gasteiger partial charge in [0.2, 0.25) is 5.91 Å². The maximum absolute atomic E-state index is 11.8. The van der Waals surface area contributed by atoms with Gasteiger partial charge in [0, 0.05) is 17.3 Å². The molecule has 0 spiro atoms. The Kier molecular flexibility index (Phi) is 5.80. The van der Waals surface area contributed by atoms with E-state index in [9.17, 15) is 4.79 Å². The molecular weight excluding hydrogens is 232 g/mol. The van der Waals surface area contributed by atoms with E-state index in [1.165, 1.54) is 25.7 Å². The van der Waals surface area contributed by atoms with Crippen molar-refractivity contribution in [3.63, 3.8) is 0 Å². The molecule has 17 heavy (non-hydrogen) atoms. The predicted molar refractivity (Wildman–Crippen MR) is 75.5 cm³/mol. The largest absolute Gasteiger partial charge is 0.353 e. The van der Waals surface area contributed by atoms with E-state index in [1.54, 1.807) is 0 Å². The fourth-order valence-corrected chi connectivity index (χ4v) is 3.24. The van der Waals surface area contributed by atoms with Gasteiger partial charge in [0.1, 0.15) is 0 Å². The lowest BCUT2D eigenvalue weighted by Crippen LogP contribution is -2.48. The van der Waals surface area contributed by atoms with Crippen LogP contribution in [0.5, 0.6) is 0 Å². The molecule has 0 aromatic heterocycles. The van der Waals surface area contributed by atoms with Gasteiger partial charge in [0.05, 0.1) is 6.04 Å². The zero-order chi connectivity index (χ0) is 12.9. The summed E-state index contributed by atoms with van der Waals surface area (Å²) in [6.45, 7) is 6.87. The lowest BCUT2D eigenvalue weighted by Gasteiger charge is -2.29. The van der Waals surface area contributed by atoms with Crippen molar-refractivity contribution in [1.82, 2.24) is 10.6 Å². The Hall–Kier alpha value is -0.220. The average Bonchev–Trinajstić information content (AvgIpc) is 2.74. The number of hydrogen-bond acceptors (Lipinski definition) is 3. The molecule has 0 aromatic rings. The number of amides is 1. The third kappa shape index (κ3) is 4.51. The van der Waals surface area contributed by atoms with Gasteiger partial charge in [-0.2, -0.15) is 11.8 Å². The summed E-state index contributed by atoms with van der Waals surface area (Å²) in [4.78, 5) is 11.8. The van der Waals surface area contributed by atoms with E-state index in [2.05, 4.69) is 16.9 Å². The minimum atomic E-state index is -0.0953. The molecule has 0 radical (unpaired) electrons. The van der Waals surface area contributed by atoms with E-state index >= 15 is 0 Å². The minimum Gasteiger partial charge on any atom is -0.353 e. The lowest BCUT2D eigenvalue weighted by molar-refractivity contribution is -0.123. The average molecular weight is 258 g/mol. The van der Waals surface area contributed by atoms with Gasteiger partial charge >= 0.3 is 0 Å². The molecule has 1 unspecified atom stereocenters. The molecule has 1 rings (SSSR count). The molecule has 100 valence electrons. The zero-order valence-corrected chi connectivity index (χ0v) is 12.3. The van der Waals surface area contributed by atoms with Crippen molar-refractivity contribution in [1.29, 1.82) is 0 Å². The molecular formula is C13H26N2OS. The second kappa shape index (κ2) is 6.64. The van der Waals surface area contributed by atoms with Crippen LogP contribution in [0.15, 0.2) is 0 Å². The second-order valence-electron chi connectivity index (χ2n) is 5.36. The highest BCUT2D eigenvalue weighted by molar-refractivity contribution is 8.00. The number of carbonyl (C=O) groups is 1. The highest BCUT2D eigenvalue weighted by Crippen LogP contribution is 2.39. The SMILES string of the molecule is CSC1(CNC(C)C(=O)NC(C)C)CCCC1. The molecule has 1 fully saturated rings. The van der Waals surface area contributed by atoms with E-state index in [4.69, 9.17) is 0 Å². The minimum absolute atomic E-state index is 0.0953. The van der Waals surface area contributed by atoms with Crippen LogP contribution in [0.4, 0.5) is 0 Å². The van der Waals surface area contributed by atoms with Crippen molar-refractivity contribution in [2.24, 2.45) is 0 Å². The number of hydrogen-bond donors (Lipinski definition) is 2. The standard InChI is InChI=1S/C13H26N2OS/c1-10(2)15-12(16)11(3)14-9-13(17-4)7-5-6-8-13/h10-11,14H,5-9H2,1-4H3,(H,15,16). The molecule has 3 nitrogen and oxygen atoms in total. The van der Waals surface area contributed by atoms with Crippen LogP contribution >= 0.6 is 11.8 Å². The normalized spacial score (nSPS) is 20.5. The Morgan fingerprint density at radius 1 is 1.29 bits per heavy atom. The van der Waals surface area contributed by atoms with Gasteiger partial charge in [-0.15, -0.1) is 0 Å². The quantitative estimate of drug-likeness (QED) is 0.767. The number of rotatable bonds is 6. The summed E-state index contributed by atoms with van der Waals surface area (Å²) in [5, 5.41) is 6.33. The number of nitrogens with one attached hydrogen (secondary N) is 2. The van der Waals surface area contributed by atoms with E-state index in [1.807, 2.05) is 32.5 Å². The van der Waals surface area contributed by atoms with Crippen LogP contribution in [0, 0.1) is 0 Å². The van der Waals surface area contributed by atoms with E-state index in [0.29, 0.717) is 4.75 Å². The molecule has 0 bridgehead atoms. The molecule has 2 N–H and O–H groups in total. The Labute approximate surface area is 109 Å². The zero-order valence-electron chi connectivity index (χ0n) is 11.5. The van der Waals surface area contributed by atoms with Gasteiger partial charge in [0.15, 0.2) is 0 Å². The van der Waals surface area contributed by atoms with Gasteiger partial charge in [-0.05, 0) is 39.9 Å². The van der Waals surface area contributed by atoms with Crippen LogP contribution in [0.25, 0.3) is 0 Å². The van der Waals surface area contributed by atoms with Gasteiger partial charge < -0.3 is 10.6 Å². The molecule has 4 heteroatoms. The summed E-state index contributed by atoms with van der Waals surface area (Å²) >= 11 is 1.95. The first-order chi connectivity index (χ1) is 7.99. The summed E-state index contributed by atoms with van der Waals surface area (Å²) in [5.41, 5.74) is 0. The van der Waals surface area contributed by atoms with E-state index < -0.39 is 0 Å². The van der Waals surface area contributed by atoms with Crippen LogP contribution in [0.2, 0.25) is 0 Å². The summed E-state index contributed by atoms with van der Waals surface area (Å²) in [6.07, 6.45) is 7.40. The van der Waals surface area contributed by atoms with Crippen LogP contribution in [0.1, 0.15) is 46.5 Å². The first-order valence-electron chi connectivity index (χ1n) is 6.58. The summed E-state index contributed by atoms with van der Waals surface area (Å²) < 4.78 is 0.367. The van der Waals surface area contributed by atoms with Crippen LogP contribution in [-0.4, -0.2) is 35.5 Å². The predicted octanol–water partition coefficient (Wildman–Crippen LogP) is 2.16. The number of thioether (sulfide) groups is 1. The molecule has 0 heterocycles. The van der Waals surface area contributed by atoms with E-state index in [-0.39, 0.29) is 18.0 Å². The molecule has 1 atom stereocenters. The maximum Gasteiger partial charge on any atom is 0.237 e. The molecule has 0 aliphatic heterocycles. The van der Waals surface area contributed by atoms with E-state index in [0.717, 1.165) is 6.54 Å². The summed E-state index contributed by atoms with van der Waals surface area (Å²) in [6, 6.07) is 0.120. The highest BCUT2D eigenvalue weighted by Gasteiger charge is 2.33. The van der Waals surface area contributed by atoms with Crippen molar-refractivity contribution in [2.45, 2.75) is 63.3 Å². The Morgan fingerprint density at radius 2 is 1.88 bits per heavy atom. The monoisotopic (exact) mass is 258 g/mol. The maximum atomic E-state index is 11.8. The highest BCUT2D eigenvalue weighted by atomic mass is 32.2. The van der Waals surface area contributed by atoms with Crippen molar-refractivity contribution < 1.29 is 4.79 Å². The topological polar surface area (TPSA) is 41.1 Å². The van der Waals surface area contributed by atoms with Crippen LogP contribution in [0.3, 0.4) is 0 Å². The summed E-state index contributed by atoms with van der Waals surface area (Å²) in [5.74, 6) is 0.106. The van der Waals surface area contributed by atoms with Crippen molar-refractivity contribution >= 4 is 17.7 Å². The van der Waals surface area contributed by atoms with Gasteiger partial charge in [-0.1, -0.05) is 12.8 Å². The third-order valence-corrected chi connectivity index (χ3v) is 4.92. The molecule has 0 aromatic carbocycles. The van der Waals surface area contributed by atoms with Crippen LogP contribution in [-0.2, 0) is 4.79 Å². The molecule has 1 aliphatic rings. The van der Waals surface area contributed by atoms with Crippen molar-refractivity contribution in [3.05, 3.63) is 0 Å². The van der Waals surface area contributed by atoms with Gasteiger partial charge in [-0.25, -0.2) is 0 Å². The fourth-order valence-electron chi connectivity index (χ4n) is 2.31. The van der Waals surface area contributed by atoms with Gasteiger partial charge in [-0.3, -0.25) is 4.79 Å². The van der Waals surface area contributed by atoms with Crippen molar-refractivity contribution in [2.75, 3.05) is 12.8 Å². The van der Waals surface area contributed by atoms with Crippen molar-refractivity contribution in [3.8, 4) is 0 Å². The third-order valence-electron chi connectivity index (χ3n) is 3.50. The smallest absolute Gasteiger partial charge is 0.237 e.